The first kappa shape index (κ1) is 12.2. The summed E-state index contributed by atoms with van der Waals surface area (Å²) in [5.41, 5.74) is 2.25. The minimum Gasteiger partial charge on any atom is -0.382 e. The smallest absolute Gasteiger partial charge is 0.0659 e. The molecule has 2 aliphatic carbocycles. The highest BCUT2D eigenvalue weighted by Gasteiger charge is 2.39. The lowest BCUT2D eigenvalue weighted by atomic mass is 9.95. The average molecular weight is 265 g/mol. The summed E-state index contributed by atoms with van der Waals surface area (Å²) in [4.78, 5) is 2.05. The zero-order valence-corrected chi connectivity index (χ0v) is 11.9. The number of fused-ring (bicyclic) bond motifs is 2. The number of nitrogens with one attached hydrogen (secondary N) is 1. The molecule has 0 aromatic heterocycles. The predicted molar refractivity (Wildman–Crippen MR) is 78.6 cm³/mol. The van der Waals surface area contributed by atoms with Gasteiger partial charge in [0.1, 0.15) is 0 Å². The van der Waals surface area contributed by atoms with Gasteiger partial charge in [0, 0.05) is 25.8 Å². The molecule has 3 heteroatoms. The van der Waals surface area contributed by atoms with Crippen molar-refractivity contribution in [3.8, 4) is 0 Å². The Morgan fingerprint density at radius 3 is 2.61 bits per heavy atom. The molecule has 2 aliphatic rings. The third kappa shape index (κ3) is 2.18. The first-order valence-electron chi connectivity index (χ1n) is 6.87. The number of hydrogen-bond donors (Lipinski definition) is 1. The molecule has 1 aromatic rings. The Kier molecular flexibility index (Phi) is 3.14. The maximum Gasteiger partial charge on any atom is 0.0659 e. The number of hydrogen-bond acceptors (Lipinski definition) is 2. The van der Waals surface area contributed by atoms with Crippen molar-refractivity contribution in [2.75, 3.05) is 24.3 Å². The SMILES string of the molecule is CN(C)c1ccc(NC2CC3CCC2C3)cc1Cl. The van der Waals surface area contributed by atoms with E-state index in [0.717, 1.165) is 22.5 Å². The van der Waals surface area contributed by atoms with Gasteiger partial charge in [0.15, 0.2) is 0 Å². The minimum atomic E-state index is 0.671. The summed E-state index contributed by atoms with van der Waals surface area (Å²) in [6, 6.07) is 6.97. The van der Waals surface area contributed by atoms with Crippen molar-refractivity contribution in [2.45, 2.75) is 31.7 Å². The molecule has 0 aliphatic heterocycles. The fraction of sp³-hybridized carbons (Fsp3) is 0.600. The molecule has 2 fully saturated rings. The fourth-order valence-electron chi connectivity index (χ4n) is 3.59. The highest BCUT2D eigenvalue weighted by Crippen LogP contribution is 2.45. The molecule has 0 radical (unpaired) electrons. The molecule has 3 rings (SSSR count). The van der Waals surface area contributed by atoms with Crippen LogP contribution < -0.4 is 10.2 Å². The van der Waals surface area contributed by atoms with E-state index in [-0.39, 0.29) is 0 Å². The molecule has 0 saturated heterocycles. The number of halogens is 1. The number of benzene rings is 1. The van der Waals surface area contributed by atoms with E-state index < -0.39 is 0 Å². The normalized spacial score (nSPS) is 29.6. The van der Waals surface area contributed by atoms with Gasteiger partial charge in [-0.05, 0) is 49.3 Å². The van der Waals surface area contributed by atoms with Crippen LogP contribution >= 0.6 is 11.6 Å². The van der Waals surface area contributed by atoms with Crippen LogP contribution in [0, 0.1) is 11.8 Å². The molecule has 2 bridgehead atoms. The van der Waals surface area contributed by atoms with Gasteiger partial charge in [-0.3, -0.25) is 0 Å². The van der Waals surface area contributed by atoms with Crippen LogP contribution in [-0.4, -0.2) is 20.1 Å². The summed E-state index contributed by atoms with van der Waals surface area (Å²) in [6.07, 6.45) is 5.63. The molecule has 18 heavy (non-hydrogen) atoms. The Hall–Kier alpha value is -0.890. The van der Waals surface area contributed by atoms with Gasteiger partial charge in [-0.1, -0.05) is 18.0 Å². The Morgan fingerprint density at radius 1 is 1.22 bits per heavy atom. The lowest BCUT2D eigenvalue weighted by Gasteiger charge is -2.24. The average Bonchev–Trinajstić information content (AvgIpc) is 2.90. The van der Waals surface area contributed by atoms with Gasteiger partial charge in [0.05, 0.1) is 10.7 Å². The predicted octanol–water partition coefficient (Wildman–Crippen LogP) is 4.01. The van der Waals surface area contributed by atoms with Gasteiger partial charge in [0.2, 0.25) is 0 Å². The molecule has 0 heterocycles. The van der Waals surface area contributed by atoms with E-state index in [9.17, 15) is 0 Å². The monoisotopic (exact) mass is 264 g/mol. The quantitative estimate of drug-likeness (QED) is 0.888. The van der Waals surface area contributed by atoms with Gasteiger partial charge in [-0.25, -0.2) is 0 Å². The van der Waals surface area contributed by atoms with Crippen LogP contribution in [-0.2, 0) is 0 Å². The van der Waals surface area contributed by atoms with Gasteiger partial charge in [0.25, 0.3) is 0 Å². The van der Waals surface area contributed by atoms with Crippen LogP contribution in [0.25, 0.3) is 0 Å². The highest BCUT2D eigenvalue weighted by atomic mass is 35.5. The van der Waals surface area contributed by atoms with Gasteiger partial charge in [-0.2, -0.15) is 0 Å². The van der Waals surface area contributed by atoms with Crippen molar-refractivity contribution in [1.29, 1.82) is 0 Å². The molecular weight excluding hydrogens is 244 g/mol. The van der Waals surface area contributed by atoms with Gasteiger partial charge < -0.3 is 10.2 Å². The molecule has 98 valence electrons. The van der Waals surface area contributed by atoms with E-state index in [2.05, 4.69) is 23.5 Å². The van der Waals surface area contributed by atoms with E-state index in [1.807, 2.05) is 19.0 Å². The summed E-state index contributed by atoms with van der Waals surface area (Å²) in [5, 5.41) is 4.50. The topological polar surface area (TPSA) is 15.3 Å². The van der Waals surface area contributed by atoms with Gasteiger partial charge in [-0.15, -0.1) is 0 Å². The van der Waals surface area contributed by atoms with Crippen molar-refractivity contribution in [3.05, 3.63) is 23.2 Å². The minimum absolute atomic E-state index is 0.671. The van der Waals surface area contributed by atoms with E-state index in [1.165, 1.54) is 31.4 Å². The third-order valence-corrected chi connectivity index (χ3v) is 4.82. The van der Waals surface area contributed by atoms with E-state index in [0.29, 0.717) is 6.04 Å². The molecule has 3 unspecified atom stereocenters. The molecule has 0 spiro atoms. The van der Waals surface area contributed by atoms with Gasteiger partial charge >= 0.3 is 0 Å². The van der Waals surface area contributed by atoms with E-state index in [1.54, 1.807) is 0 Å². The van der Waals surface area contributed by atoms with Crippen LogP contribution in [0.5, 0.6) is 0 Å². The van der Waals surface area contributed by atoms with Crippen molar-refractivity contribution in [2.24, 2.45) is 11.8 Å². The Bertz CT molecular complexity index is 444. The number of nitrogens with zero attached hydrogens (tertiary/aromatic N) is 1. The second kappa shape index (κ2) is 4.65. The molecule has 2 nitrogen and oxygen atoms in total. The van der Waals surface area contributed by atoms with Crippen molar-refractivity contribution in [3.63, 3.8) is 0 Å². The van der Waals surface area contributed by atoms with Crippen LogP contribution in [0.1, 0.15) is 25.7 Å². The maximum absolute atomic E-state index is 6.31. The molecule has 0 amide bonds. The third-order valence-electron chi connectivity index (χ3n) is 4.52. The van der Waals surface area contributed by atoms with Crippen LogP contribution in [0.2, 0.25) is 5.02 Å². The largest absolute Gasteiger partial charge is 0.382 e. The molecular formula is C15H21ClN2. The second-order valence-electron chi connectivity index (χ2n) is 5.99. The lowest BCUT2D eigenvalue weighted by molar-refractivity contribution is 0.440. The fourth-order valence-corrected chi connectivity index (χ4v) is 3.94. The molecule has 2 saturated carbocycles. The summed E-state index contributed by atoms with van der Waals surface area (Å²) < 4.78 is 0. The first-order valence-corrected chi connectivity index (χ1v) is 7.24. The molecule has 1 aromatic carbocycles. The Labute approximate surface area is 114 Å². The van der Waals surface area contributed by atoms with Crippen molar-refractivity contribution >= 4 is 23.0 Å². The lowest BCUT2D eigenvalue weighted by Crippen LogP contribution is -2.25. The summed E-state index contributed by atoms with van der Waals surface area (Å²) in [6.45, 7) is 0. The summed E-state index contributed by atoms with van der Waals surface area (Å²) >= 11 is 6.31. The standard InChI is InChI=1S/C15H21ClN2/c1-18(2)15-6-5-12(9-13(15)16)17-14-8-10-3-4-11(14)7-10/h5-6,9-11,14,17H,3-4,7-8H2,1-2H3. The summed E-state index contributed by atoms with van der Waals surface area (Å²) in [7, 11) is 4.04. The maximum atomic E-state index is 6.31. The Balaban J connectivity index is 1.72. The first-order chi connectivity index (χ1) is 8.63. The van der Waals surface area contributed by atoms with Crippen molar-refractivity contribution in [1.82, 2.24) is 0 Å². The van der Waals surface area contributed by atoms with Crippen LogP contribution in [0.3, 0.4) is 0 Å². The second-order valence-corrected chi connectivity index (χ2v) is 6.39. The zero-order chi connectivity index (χ0) is 12.7. The zero-order valence-electron chi connectivity index (χ0n) is 11.1. The Morgan fingerprint density at radius 2 is 2.06 bits per heavy atom. The summed E-state index contributed by atoms with van der Waals surface area (Å²) in [5.74, 6) is 1.87. The molecule has 3 atom stereocenters. The van der Waals surface area contributed by atoms with Crippen molar-refractivity contribution < 1.29 is 0 Å². The van der Waals surface area contributed by atoms with E-state index in [4.69, 9.17) is 11.6 Å². The highest BCUT2D eigenvalue weighted by molar-refractivity contribution is 6.33. The van der Waals surface area contributed by atoms with Crippen LogP contribution in [0.4, 0.5) is 11.4 Å². The molecule has 1 N–H and O–H groups in total. The van der Waals surface area contributed by atoms with Crippen LogP contribution in [0.15, 0.2) is 18.2 Å². The number of rotatable bonds is 3. The number of anilines is 2. The van der Waals surface area contributed by atoms with E-state index >= 15 is 0 Å².